The number of aliphatic hydroxyl groups excluding tert-OH is 4. The Morgan fingerprint density at radius 1 is 0.500 bits per heavy atom. The fraction of sp³-hybridized carbons (Fsp3) is 1.00. The van der Waals surface area contributed by atoms with Gasteiger partial charge in [-0.2, -0.15) is 0 Å². The fourth-order valence-electron chi connectivity index (χ4n) is 6.18. The van der Waals surface area contributed by atoms with E-state index in [-0.39, 0.29) is 0 Å². The normalized spacial score (nSPS) is 20.0. The lowest BCUT2D eigenvalue weighted by molar-refractivity contribution is -0.0211. The van der Waals surface area contributed by atoms with E-state index in [1.165, 1.54) is 0 Å². The topological polar surface area (TPSA) is 124 Å². The van der Waals surface area contributed by atoms with Gasteiger partial charge in [0.1, 0.15) is 0 Å². The van der Waals surface area contributed by atoms with E-state index in [0.717, 1.165) is 90.1 Å². The quantitative estimate of drug-likeness (QED) is 0.0783. The van der Waals surface area contributed by atoms with Gasteiger partial charge in [0.05, 0.1) is 50.8 Å². The number of unbranched alkanes of at least 4 members (excludes halogenated alkanes) is 4. The van der Waals surface area contributed by atoms with Gasteiger partial charge in [0.25, 0.3) is 0 Å². The fourth-order valence-corrected chi connectivity index (χ4v) is 6.18. The molecule has 46 heavy (non-hydrogen) atoms. The van der Waals surface area contributed by atoms with E-state index >= 15 is 0 Å². The molecule has 4 N–H and O–H groups in total. The second-order valence-corrected chi connectivity index (χ2v) is 13.7. The summed E-state index contributed by atoms with van der Waals surface area (Å²) in [6.45, 7) is 15.8. The highest BCUT2D eigenvalue weighted by Gasteiger charge is 2.28. The summed E-state index contributed by atoms with van der Waals surface area (Å²) in [5, 5.41) is 43.1. The van der Waals surface area contributed by atoms with Crippen LogP contribution >= 0.6 is 0 Å². The van der Waals surface area contributed by atoms with Crippen molar-refractivity contribution in [3.63, 3.8) is 0 Å². The molecule has 0 spiro atoms. The van der Waals surface area contributed by atoms with Gasteiger partial charge in [0, 0.05) is 65.7 Å². The molecule has 0 saturated heterocycles. The van der Waals surface area contributed by atoms with Crippen LogP contribution in [-0.4, -0.2) is 147 Å². The highest BCUT2D eigenvalue weighted by molar-refractivity contribution is 4.81. The largest absolute Gasteiger partial charge is 0.389 e. The summed E-state index contributed by atoms with van der Waals surface area (Å²) in [4.78, 5) is 4.39. The molecule has 6 atom stereocenters. The van der Waals surface area contributed by atoms with Gasteiger partial charge in [0.2, 0.25) is 0 Å². The van der Waals surface area contributed by atoms with Crippen LogP contribution in [0, 0.1) is 11.8 Å². The molecule has 1 aliphatic carbocycles. The lowest BCUT2D eigenvalue weighted by atomic mass is 9.80. The van der Waals surface area contributed by atoms with Crippen LogP contribution in [0.2, 0.25) is 0 Å². The second kappa shape index (κ2) is 29.5. The van der Waals surface area contributed by atoms with Gasteiger partial charge in [-0.3, -0.25) is 9.80 Å². The summed E-state index contributed by atoms with van der Waals surface area (Å²) in [7, 11) is 0. The van der Waals surface area contributed by atoms with Crippen molar-refractivity contribution in [1.29, 1.82) is 0 Å². The van der Waals surface area contributed by atoms with E-state index in [2.05, 4.69) is 37.5 Å². The molecule has 1 fully saturated rings. The van der Waals surface area contributed by atoms with Gasteiger partial charge in [-0.15, -0.1) is 0 Å². The first-order valence-electron chi connectivity index (χ1n) is 18.8. The highest BCUT2D eigenvalue weighted by Crippen LogP contribution is 2.30. The van der Waals surface area contributed by atoms with Gasteiger partial charge in [-0.1, -0.05) is 59.8 Å². The summed E-state index contributed by atoms with van der Waals surface area (Å²) < 4.78 is 22.8. The molecule has 0 bridgehead atoms. The third-order valence-electron chi connectivity index (χ3n) is 8.61. The van der Waals surface area contributed by atoms with Crippen LogP contribution in [0.1, 0.15) is 105 Å². The van der Waals surface area contributed by atoms with Crippen molar-refractivity contribution < 1.29 is 39.4 Å². The van der Waals surface area contributed by atoms with Crippen LogP contribution in [0.5, 0.6) is 0 Å². The number of rotatable bonds is 32. The SMILES string of the molecule is CCCCOCC(O)CN(CC(O)COCCCC)CC1CCCC(CN(CC(O)COCCCC)CC(O)COCCCC)C1. The monoisotopic (exact) mass is 663 g/mol. The Balaban J connectivity index is 2.80. The van der Waals surface area contributed by atoms with Gasteiger partial charge in [-0.05, 0) is 56.8 Å². The van der Waals surface area contributed by atoms with E-state index in [0.29, 0.717) is 90.9 Å². The van der Waals surface area contributed by atoms with Crippen LogP contribution in [0.4, 0.5) is 0 Å². The number of hydrogen-bond donors (Lipinski definition) is 4. The zero-order valence-electron chi connectivity index (χ0n) is 30.2. The molecule has 10 nitrogen and oxygen atoms in total. The molecular weight excluding hydrogens is 588 g/mol. The Hall–Kier alpha value is -0.400. The average Bonchev–Trinajstić information content (AvgIpc) is 3.02. The van der Waals surface area contributed by atoms with Gasteiger partial charge in [-0.25, -0.2) is 0 Å². The standard InChI is InChI=1S/C36H74N2O8/c1-5-9-16-43-27-33(39)23-37(24-34(40)28-44-17-10-6-2)21-31-14-13-15-32(20-31)22-38(25-35(41)29-45-18-11-7-3)26-36(42)30-46-19-12-8-4/h31-36,39-42H,5-30H2,1-4H3. The highest BCUT2D eigenvalue weighted by atomic mass is 16.5. The third kappa shape index (κ3) is 23.8. The molecule has 0 aromatic rings. The predicted octanol–water partition coefficient (Wildman–Crippen LogP) is 4.11. The van der Waals surface area contributed by atoms with Gasteiger partial charge < -0.3 is 39.4 Å². The Morgan fingerprint density at radius 2 is 0.783 bits per heavy atom. The molecule has 0 heterocycles. The van der Waals surface area contributed by atoms with Crippen LogP contribution in [0.15, 0.2) is 0 Å². The zero-order chi connectivity index (χ0) is 33.8. The lowest BCUT2D eigenvalue weighted by Crippen LogP contribution is -2.45. The van der Waals surface area contributed by atoms with Crippen LogP contribution in [-0.2, 0) is 18.9 Å². The third-order valence-corrected chi connectivity index (χ3v) is 8.61. The average molecular weight is 663 g/mol. The number of hydrogen-bond acceptors (Lipinski definition) is 10. The second-order valence-electron chi connectivity index (χ2n) is 13.7. The van der Waals surface area contributed by atoms with Gasteiger partial charge >= 0.3 is 0 Å². The molecule has 10 heteroatoms. The van der Waals surface area contributed by atoms with E-state index in [9.17, 15) is 20.4 Å². The first-order chi connectivity index (χ1) is 22.3. The maximum Gasteiger partial charge on any atom is 0.0900 e. The Labute approximate surface area is 282 Å². The predicted molar refractivity (Wildman–Crippen MR) is 185 cm³/mol. The van der Waals surface area contributed by atoms with E-state index < -0.39 is 24.4 Å². The zero-order valence-corrected chi connectivity index (χ0v) is 30.2. The molecule has 1 saturated carbocycles. The molecule has 0 radical (unpaired) electrons. The van der Waals surface area contributed by atoms with E-state index in [1.807, 2.05) is 0 Å². The van der Waals surface area contributed by atoms with Crippen molar-refractivity contribution in [2.75, 3.05) is 92.1 Å². The summed E-state index contributed by atoms with van der Waals surface area (Å²) in [5.41, 5.74) is 0. The van der Waals surface area contributed by atoms with Crippen molar-refractivity contribution in [2.24, 2.45) is 11.8 Å². The minimum atomic E-state index is -0.609. The van der Waals surface area contributed by atoms with E-state index in [4.69, 9.17) is 18.9 Å². The molecule has 6 unspecified atom stereocenters. The van der Waals surface area contributed by atoms with Gasteiger partial charge in [0.15, 0.2) is 0 Å². The van der Waals surface area contributed by atoms with Crippen LogP contribution in [0.3, 0.4) is 0 Å². The van der Waals surface area contributed by atoms with Crippen molar-refractivity contribution >= 4 is 0 Å². The summed E-state index contributed by atoms with van der Waals surface area (Å²) in [5.74, 6) is 0.873. The maximum atomic E-state index is 10.8. The lowest BCUT2D eigenvalue weighted by Gasteiger charge is -2.37. The first-order valence-corrected chi connectivity index (χ1v) is 18.8. The number of aliphatic hydroxyl groups is 4. The first kappa shape index (κ1) is 43.6. The van der Waals surface area contributed by atoms with Crippen molar-refractivity contribution in [1.82, 2.24) is 9.80 Å². The number of ether oxygens (including phenoxy) is 4. The van der Waals surface area contributed by atoms with Crippen molar-refractivity contribution in [2.45, 2.75) is 129 Å². The summed E-state index contributed by atoms with van der Waals surface area (Å²) in [6.07, 6.45) is 10.1. The Kier molecular flexibility index (Phi) is 28.0. The minimum Gasteiger partial charge on any atom is -0.389 e. The molecule has 1 rings (SSSR count). The summed E-state index contributed by atoms with van der Waals surface area (Å²) >= 11 is 0. The number of nitrogens with zero attached hydrogens (tertiary/aromatic N) is 2. The van der Waals surface area contributed by atoms with E-state index in [1.54, 1.807) is 0 Å². The molecule has 0 aliphatic heterocycles. The maximum absolute atomic E-state index is 10.8. The smallest absolute Gasteiger partial charge is 0.0900 e. The van der Waals surface area contributed by atoms with Crippen molar-refractivity contribution in [3.8, 4) is 0 Å². The Bertz CT molecular complexity index is 571. The molecule has 0 aromatic heterocycles. The van der Waals surface area contributed by atoms with Crippen LogP contribution < -0.4 is 0 Å². The molecule has 0 aromatic carbocycles. The van der Waals surface area contributed by atoms with Crippen LogP contribution in [0.25, 0.3) is 0 Å². The summed E-state index contributed by atoms with van der Waals surface area (Å²) in [6, 6.07) is 0. The minimum absolute atomic E-state index is 0.302. The van der Waals surface area contributed by atoms with Crippen molar-refractivity contribution in [3.05, 3.63) is 0 Å². The Morgan fingerprint density at radius 3 is 1.04 bits per heavy atom. The molecule has 0 amide bonds. The molecular formula is C36H74N2O8. The molecule has 276 valence electrons. The molecule has 1 aliphatic rings.